The second-order valence-electron chi connectivity index (χ2n) is 5.00. The van der Waals surface area contributed by atoms with Crippen LogP contribution in [0.25, 0.3) is 5.69 Å². The van der Waals surface area contributed by atoms with Gasteiger partial charge in [-0.05, 0) is 35.0 Å². The van der Waals surface area contributed by atoms with Crippen molar-refractivity contribution in [1.82, 2.24) is 20.2 Å². The number of hydrogen-bond acceptors (Lipinski definition) is 6. The molecule has 0 fully saturated rings. The van der Waals surface area contributed by atoms with Crippen molar-refractivity contribution < 1.29 is 4.92 Å². The van der Waals surface area contributed by atoms with E-state index in [4.69, 9.17) is 0 Å². The molecule has 0 amide bonds. The lowest BCUT2D eigenvalue weighted by atomic mass is 10.1. The summed E-state index contributed by atoms with van der Waals surface area (Å²) in [6.45, 7) is 2.32. The number of aryl methyl sites for hydroxylation is 1. The van der Waals surface area contributed by atoms with Crippen molar-refractivity contribution in [3.8, 4) is 5.69 Å². The standard InChI is InChI=1S/C15H14N6O2/c1-11-6-7-13(8-15(11)20-10-17-18-19-20)16-9-12-4-2-3-5-14(12)21(22)23/h2-8,10,16H,9H2,1H3. The number of benzene rings is 2. The highest BCUT2D eigenvalue weighted by Crippen LogP contribution is 2.22. The van der Waals surface area contributed by atoms with Crippen LogP contribution in [0.2, 0.25) is 0 Å². The Bertz CT molecular complexity index is 832. The number of para-hydroxylation sites is 1. The van der Waals surface area contributed by atoms with Crippen LogP contribution in [0.3, 0.4) is 0 Å². The summed E-state index contributed by atoms with van der Waals surface area (Å²) >= 11 is 0. The van der Waals surface area contributed by atoms with Crippen molar-refractivity contribution in [3.63, 3.8) is 0 Å². The second-order valence-corrected chi connectivity index (χ2v) is 5.00. The minimum absolute atomic E-state index is 0.104. The molecule has 0 radical (unpaired) electrons. The molecule has 0 atom stereocenters. The first kappa shape index (κ1) is 14.6. The zero-order valence-corrected chi connectivity index (χ0v) is 12.4. The maximum absolute atomic E-state index is 11.0. The van der Waals surface area contributed by atoms with Crippen molar-refractivity contribution in [2.75, 3.05) is 5.32 Å². The van der Waals surface area contributed by atoms with Gasteiger partial charge in [0.1, 0.15) is 6.33 Å². The molecule has 0 aliphatic heterocycles. The molecular weight excluding hydrogens is 296 g/mol. The molecule has 1 N–H and O–H groups in total. The minimum Gasteiger partial charge on any atom is -0.381 e. The van der Waals surface area contributed by atoms with Crippen molar-refractivity contribution in [2.24, 2.45) is 0 Å². The molecule has 8 nitrogen and oxygen atoms in total. The van der Waals surface area contributed by atoms with Gasteiger partial charge in [0.15, 0.2) is 0 Å². The molecule has 2 aromatic carbocycles. The van der Waals surface area contributed by atoms with E-state index in [0.717, 1.165) is 16.9 Å². The van der Waals surface area contributed by atoms with E-state index in [0.29, 0.717) is 12.1 Å². The van der Waals surface area contributed by atoms with Crippen LogP contribution < -0.4 is 5.32 Å². The molecule has 1 aromatic heterocycles. The van der Waals surface area contributed by atoms with Gasteiger partial charge in [-0.15, -0.1) is 5.10 Å². The molecule has 0 aliphatic rings. The largest absolute Gasteiger partial charge is 0.381 e. The van der Waals surface area contributed by atoms with E-state index in [2.05, 4.69) is 20.8 Å². The number of hydrogen-bond donors (Lipinski definition) is 1. The fraction of sp³-hybridized carbons (Fsp3) is 0.133. The number of aromatic nitrogens is 4. The molecule has 3 aromatic rings. The predicted molar refractivity (Wildman–Crippen MR) is 84.3 cm³/mol. The summed E-state index contributed by atoms with van der Waals surface area (Å²) in [4.78, 5) is 10.7. The smallest absolute Gasteiger partial charge is 0.274 e. The molecule has 3 rings (SSSR count). The molecule has 1 heterocycles. The summed E-state index contributed by atoms with van der Waals surface area (Å²) in [6, 6.07) is 12.4. The van der Waals surface area contributed by atoms with Gasteiger partial charge >= 0.3 is 0 Å². The number of nitro groups is 1. The molecule has 0 bridgehead atoms. The number of anilines is 1. The van der Waals surface area contributed by atoms with Gasteiger partial charge in [0.05, 0.1) is 10.6 Å². The maximum atomic E-state index is 11.0. The lowest BCUT2D eigenvalue weighted by molar-refractivity contribution is -0.385. The van der Waals surface area contributed by atoms with E-state index in [-0.39, 0.29) is 10.6 Å². The molecule has 0 saturated carbocycles. The molecular formula is C15H14N6O2. The van der Waals surface area contributed by atoms with Crippen molar-refractivity contribution >= 4 is 11.4 Å². The quantitative estimate of drug-likeness (QED) is 0.574. The Morgan fingerprint density at radius 3 is 2.83 bits per heavy atom. The fourth-order valence-corrected chi connectivity index (χ4v) is 2.27. The third kappa shape index (κ3) is 3.15. The van der Waals surface area contributed by atoms with Gasteiger partial charge in [-0.3, -0.25) is 10.1 Å². The highest BCUT2D eigenvalue weighted by atomic mass is 16.6. The van der Waals surface area contributed by atoms with Gasteiger partial charge in [0, 0.05) is 23.9 Å². The van der Waals surface area contributed by atoms with E-state index in [1.54, 1.807) is 22.9 Å². The van der Waals surface area contributed by atoms with Gasteiger partial charge in [0.25, 0.3) is 5.69 Å². The van der Waals surface area contributed by atoms with E-state index in [1.807, 2.05) is 25.1 Å². The maximum Gasteiger partial charge on any atom is 0.274 e. The lowest BCUT2D eigenvalue weighted by Gasteiger charge is -2.10. The van der Waals surface area contributed by atoms with Crippen LogP contribution in [0.5, 0.6) is 0 Å². The Labute approximate surface area is 131 Å². The van der Waals surface area contributed by atoms with Crippen molar-refractivity contribution in [2.45, 2.75) is 13.5 Å². The Morgan fingerprint density at radius 1 is 1.26 bits per heavy atom. The van der Waals surface area contributed by atoms with E-state index in [9.17, 15) is 10.1 Å². The number of tetrazole rings is 1. The van der Waals surface area contributed by atoms with Crippen molar-refractivity contribution in [3.05, 3.63) is 70.0 Å². The molecule has 0 saturated heterocycles. The molecule has 116 valence electrons. The summed E-state index contributed by atoms with van der Waals surface area (Å²) < 4.78 is 1.57. The monoisotopic (exact) mass is 310 g/mol. The Morgan fingerprint density at radius 2 is 2.09 bits per heavy atom. The topological polar surface area (TPSA) is 98.8 Å². The molecule has 0 aliphatic carbocycles. The highest BCUT2D eigenvalue weighted by Gasteiger charge is 2.12. The summed E-state index contributed by atoms with van der Waals surface area (Å²) in [5.74, 6) is 0. The second kappa shape index (κ2) is 6.22. The summed E-state index contributed by atoms with van der Waals surface area (Å²) in [5.41, 5.74) is 3.44. The zero-order valence-electron chi connectivity index (χ0n) is 12.4. The molecule has 8 heteroatoms. The van der Waals surface area contributed by atoms with Crippen molar-refractivity contribution in [1.29, 1.82) is 0 Å². The first-order valence-corrected chi connectivity index (χ1v) is 6.95. The molecule has 0 spiro atoms. The first-order valence-electron chi connectivity index (χ1n) is 6.95. The highest BCUT2D eigenvalue weighted by molar-refractivity contribution is 5.55. The minimum atomic E-state index is -0.376. The van der Waals surface area contributed by atoms with Crippen LogP contribution in [0.4, 0.5) is 11.4 Å². The molecule has 23 heavy (non-hydrogen) atoms. The van der Waals surface area contributed by atoms with Crippen LogP contribution in [-0.4, -0.2) is 25.1 Å². The van der Waals surface area contributed by atoms with Crippen LogP contribution in [0.1, 0.15) is 11.1 Å². The summed E-state index contributed by atoms with van der Waals surface area (Å²) in [6.07, 6.45) is 1.52. The zero-order chi connectivity index (χ0) is 16.2. The van der Waals surface area contributed by atoms with Gasteiger partial charge in [-0.2, -0.15) is 0 Å². The predicted octanol–water partition coefficient (Wildman–Crippen LogP) is 2.49. The van der Waals surface area contributed by atoms with E-state index in [1.165, 1.54) is 12.4 Å². The van der Waals surface area contributed by atoms with E-state index >= 15 is 0 Å². The Hall–Kier alpha value is -3.29. The number of rotatable bonds is 5. The lowest BCUT2D eigenvalue weighted by Crippen LogP contribution is -2.04. The SMILES string of the molecule is Cc1ccc(NCc2ccccc2[N+](=O)[O-])cc1-n1cnnn1. The van der Waals surface area contributed by atoms with E-state index < -0.39 is 0 Å². The third-order valence-electron chi connectivity index (χ3n) is 3.48. The summed E-state index contributed by atoms with van der Waals surface area (Å²) in [5, 5.41) is 25.4. The van der Waals surface area contributed by atoms with Gasteiger partial charge in [-0.25, -0.2) is 4.68 Å². The number of nitrogens with one attached hydrogen (secondary N) is 1. The van der Waals surface area contributed by atoms with Crippen LogP contribution in [-0.2, 0) is 6.54 Å². The van der Waals surface area contributed by atoms with Crippen LogP contribution in [0.15, 0.2) is 48.8 Å². The Balaban J connectivity index is 1.82. The average Bonchev–Trinajstić information content (AvgIpc) is 3.08. The first-order chi connectivity index (χ1) is 11.1. The van der Waals surface area contributed by atoms with Gasteiger partial charge in [-0.1, -0.05) is 24.3 Å². The number of nitro benzene ring substituents is 1. The van der Waals surface area contributed by atoms with Crippen LogP contribution in [0, 0.1) is 17.0 Å². The Kier molecular flexibility index (Phi) is 3.96. The summed E-state index contributed by atoms with van der Waals surface area (Å²) in [7, 11) is 0. The average molecular weight is 310 g/mol. The fourth-order valence-electron chi connectivity index (χ4n) is 2.27. The normalized spacial score (nSPS) is 10.5. The number of nitrogens with zero attached hydrogens (tertiary/aromatic N) is 5. The molecule has 0 unspecified atom stereocenters. The van der Waals surface area contributed by atoms with Crippen LogP contribution >= 0.6 is 0 Å². The third-order valence-corrected chi connectivity index (χ3v) is 3.48. The van der Waals surface area contributed by atoms with Gasteiger partial charge in [0.2, 0.25) is 0 Å². The van der Waals surface area contributed by atoms with Gasteiger partial charge < -0.3 is 5.32 Å².